The van der Waals surface area contributed by atoms with E-state index in [4.69, 9.17) is 19.4 Å². The lowest BCUT2D eigenvalue weighted by Gasteiger charge is -2.17. The van der Waals surface area contributed by atoms with E-state index >= 15 is 0 Å². The van der Waals surface area contributed by atoms with Gasteiger partial charge in [0.1, 0.15) is 11.2 Å². The predicted molar refractivity (Wildman–Crippen MR) is 192 cm³/mol. The Morgan fingerprint density at radius 1 is 0.532 bits per heavy atom. The minimum atomic E-state index is 0.252. The highest BCUT2D eigenvalue weighted by molar-refractivity contribution is 6.11. The first-order valence-corrected chi connectivity index (χ1v) is 16.0. The lowest BCUT2D eigenvalue weighted by Crippen LogP contribution is -2.05. The first-order valence-electron chi connectivity index (χ1n) is 16.0. The summed E-state index contributed by atoms with van der Waals surface area (Å²) in [6, 6.07) is 48.4. The standard InChI is InChI=1S/C43H29N3O/c1-2-10-28(11-3-1)33-14-8-15-35(27-33)42-44-41(31-23-20-30(21-24-31)34-25-22-29-12-4-5-13-32(29)26-34)45-43(46-42)37-17-9-19-39-40(37)36-16-6-7-18-38(36)47-39/h1-13,15-27,33H,14H2. The number of hydrogen-bond acceptors (Lipinski definition) is 4. The van der Waals surface area contributed by atoms with Crippen molar-refractivity contribution in [3.63, 3.8) is 0 Å². The molecule has 8 aromatic rings. The molecular weight excluding hydrogens is 574 g/mol. The van der Waals surface area contributed by atoms with Gasteiger partial charge in [0.15, 0.2) is 17.5 Å². The van der Waals surface area contributed by atoms with Crippen molar-refractivity contribution in [3.8, 4) is 33.9 Å². The molecule has 4 heteroatoms. The van der Waals surface area contributed by atoms with Gasteiger partial charge in [0.25, 0.3) is 0 Å². The molecule has 0 saturated heterocycles. The zero-order chi connectivity index (χ0) is 31.2. The lowest BCUT2D eigenvalue weighted by atomic mass is 9.89. The van der Waals surface area contributed by atoms with Crippen LogP contribution in [0.3, 0.4) is 0 Å². The topological polar surface area (TPSA) is 51.8 Å². The van der Waals surface area contributed by atoms with Crippen LogP contribution in [-0.2, 0) is 0 Å². The summed E-state index contributed by atoms with van der Waals surface area (Å²) in [7, 11) is 0. The predicted octanol–water partition coefficient (Wildman–Crippen LogP) is 11.1. The van der Waals surface area contributed by atoms with Crippen LogP contribution in [0.5, 0.6) is 0 Å². The van der Waals surface area contributed by atoms with Gasteiger partial charge < -0.3 is 4.42 Å². The SMILES string of the molecule is C1=CC(c2nc(-c3ccc(-c4ccc5ccccc5c4)cc3)nc(-c3cccc4oc5ccccc5c34)n2)=CC(c2ccccc2)C1. The Bertz CT molecular complexity index is 2490. The summed E-state index contributed by atoms with van der Waals surface area (Å²) in [4.78, 5) is 15.3. The monoisotopic (exact) mass is 603 g/mol. The number of hydrogen-bond donors (Lipinski definition) is 0. The molecule has 2 aromatic heterocycles. The van der Waals surface area contributed by atoms with Crippen LogP contribution in [0.2, 0.25) is 0 Å². The van der Waals surface area contributed by atoms with Crippen molar-refractivity contribution in [2.24, 2.45) is 0 Å². The number of nitrogens with zero attached hydrogens (tertiary/aromatic N) is 3. The molecule has 2 heterocycles. The van der Waals surface area contributed by atoms with Gasteiger partial charge in [0.05, 0.1) is 0 Å². The Hall–Kier alpha value is -6.13. The second-order valence-electron chi connectivity index (χ2n) is 12.0. The lowest BCUT2D eigenvalue weighted by molar-refractivity contribution is 0.669. The number of rotatable bonds is 5. The van der Waals surface area contributed by atoms with E-state index in [0.29, 0.717) is 17.5 Å². The van der Waals surface area contributed by atoms with Crippen LogP contribution in [0.1, 0.15) is 23.7 Å². The number of allylic oxidation sites excluding steroid dienone is 4. The maximum atomic E-state index is 6.23. The van der Waals surface area contributed by atoms with Crippen molar-refractivity contribution in [2.45, 2.75) is 12.3 Å². The molecule has 1 unspecified atom stereocenters. The minimum Gasteiger partial charge on any atom is -0.456 e. The molecule has 0 bridgehead atoms. The Labute approximate surface area is 272 Å². The number of furan rings is 1. The molecule has 0 radical (unpaired) electrons. The number of benzene rings is 6. The molecule has 1 aliphatic carbocycles. The van der Waals surface area contributed by atoms with Gasteiger partial charge in [-0.3, -0.25) is 0 Å². The van der Waals surface area contributed by atoms with Crippen molar-refractivity contribution < 1.29 is 4.42 Å². The highest BCUT2D eigenvalue weighted by atomic mass is 16.3. The van der Waals surface area contributed by atoms with E-state index in [2.05, 4.69) is 127 Å². The molecular formula is C43H29N3O. The van der Waals surface area contributed by atoms with Crippen molar-refractivity contribution >= 4 is 38.3 Å². The number of aromatic nitrogens is 3. The van der Waals surface area contributed by atoms with Crippen molar-refractivity contribution in [1.82, 2.24) is 15.0 Å². The molecule has 6 aromatic carbocycles. The molecule has 0 amide bonds. The summed E-state index contributed by atoms with van der Waals surface area (Å²) in [6.07, 6.45) is 7.58. The molecule has 0 aliphatic heterocycles. The van der Waals surface area contributed by atoms with Crippen LogP contribution in [0, 0.1) is 0 Å². The van der Waals surface area contributed by atoms with E-state index in [0.717, 1.165) is 50.6 Å². The van der Waals surface area contributed by atoms with E-state index in [1.165, 1.54) is 21.9 Å². The molecule has 47 heavy (non-hydrogen) atoms. The average molecular weight is 604 g/mol. The Morgan fingerprint density at radius 2 is 1.23 bits per heavy atom. The molecule has 9 rings (SSSR count). The van der Waals surface area contributed by atoms with Gasteiger partial charge in [0, 0.05) is 33.4 Å². The van der Waals surface area contributed by atoms with Crippen LogP contribution in [0.15, 0.2) is 162 Å². The van der Waals surface area contributed by atoms with Crippen LogP contribution >= 0.6 is 0 Å². The quantitative estimate of drug-likeness (QED) is 0.196. The molecule has 0 spiro atoms. The summed E-state index contributed by atoms with van der Waals surface area (Å²) in [5.41, 5.74) is 8.11. The van der Waals surface area contributed by atoms with Crippen molar-refractivity contribution in [3.05, 3.63) is 169 Å². The molecule has 0 N–H and O–H groups in total. The molecule has 0 saturated carbocycles. The second kappa shape index (κ2) is 11.3. The van der Waals surface area contributed by atoms with E-state index in [1.54, 1.807) is 0 Å². The van der Waals surface area contributed by atoms with Gasteiger partial charge in [0.2, 0.25) is 0 Å². The van der Waals surface area contributed by atoms with E-state index in [1.807, 2.05) is 30.3 Å². The van der Waals surface area contributed by atoms with Crippen LogP contribution < -0.4 is 0 Å². The van der Waals surface area contributed by atoms with E-state index in [-0.39, 0.29) is 5.92 Å². The maximum Gasteiger partial charge on any atom is 0.164 e. The number of fused-ring (bicyclic) bond motifs is 4. The van der Waals surface area contributed by atoms with Gasteiger partial charge in [-0.25, -0.2) is 15.0 Å². The molecule has 1 aliphatic rings. The van der Waals surface area contributed by atoms with Gasteiger partial charge in [-0.2, -0.15) is 0 Å². The third-order valence-electron chi connectivity index (χ3n) is 9.06. The first-order chi connectivity index (χ1) is 23.3. The fourth-order valence-corrected chi connectivity index (χ4v) is 6.66. The van der Waals surface area contributed by atoms with Gasteiger partial charge >= 0.3 is 0 Å². The number of para-hydroxylation sites is 1. The van der Waals surface area contributed by atoms with Crippen LogP contribution in [0.25, 0.3) is 72.2 Å². The Balaban J connectivity index is 1.19. The van der Waals surface area contributed by atoms with Gasteiger partial charge in [-0.05, 0) is 52.1 Å². The summed E-state index contributed by atoms with van der Waals surface area (Å²) in [5.74, 6) is 2.17. The summed E-state index contributed by atoms with van der Waals surface area (Å²) >= 11 is 0. The molecule has 4 nitrogen and oxygen atoms in total. The maximum absolute atomic E-state index is 6.23. The first kappa shape index (κ1) is 27.2. The molecule has 0 fully saturated rings. The third kappa shape index (κ3) is 5.01. The average Bonchev–Trinajstić information content (AvgIpc) is 3.54. The van der Waals surface area contributed by atoms with E-state index < -0.39 is 0 Å². The van der Waals surface area contributed by atoms with Crippen LogP contribution in [-0.4, -0.2) is 15.0 Å². The fourth-order valence-electron chi connectivity index (χ4n) is 6.66. The summed E-state index contributed by atoms with van der Waals surface area (Å²) in [6.45, 7) is 0. The van der Waals surface area contributed by atoms with Gasteiger partial charge in [-0.1, -0.05) is 140 Å². The Morgan fingerprint density at radius 3 is 2.13 bits per heavy atom. The van der Waals surface area contributed by atoms with Crippen molar-refractivity contribution in [2.75, 3.05) is 0 Å². The van der Waals surface area contributed by atoms with E-state index in [9.17, 15) is 0 Å². The molecule has 1 atom stereocenters. The van der Waals surface area contributed by atoms with Crippen molar-refractivity contribution in [1.29, 1.82) is 0 Å². The molecule has 222 valence electrons. The normalized spacial score (nSPS) is 14.6. The summed E-state index contributed by atoms with van der Waals surface area (Å²) < 4.78 is 6.23. The third-order valence-corrected chi connectivity index (χ3v) is 9.06. The largest absolute Gasteiger partial charge is 0.456 e. The highest BCUT2D eigenvalue weighted by Crippen LogP contribution is 2.37. The Kier molecular flexibility index (Phi) is 6.57. The zero-order valence-corrected chi connectivity index (χ0v) is 25.5. The van der Waals surface area contributed by atoms with Crippen LogP contribution in [0.4, 0.5) is 0 Å². The summed E-state index contributed by atoms with van der Waals surface area (Å²) in [5, 5.41) is 4.51. The second-order valence-corrected chi connectivity index (χ2v) is 12.0. The smallest absolute Gasteiger partial charge is 0.164 e. The zero-order valence-electron chi connectivity index (χ0n) is 25.5. The fraction of sp³-hybridized carbons (Fsp3) is 0.0465. The minimum absolute atomic E-state index is 0.252. The van der Waals surface area contributed by atoms with Gasteiger partial charge in [-0.15, -0.1) is 0 Å². The highest BCUT2D eigenvalue weighted by Gasteiger charge is 2.20.